The minimum absolute atomic E-state index is 0.281. The molecule has 0 bridgehead atoms. The second-order valence-electron chi connectivity index (χ2n) is 5.14. The first-order valence-corrected chi connectivity index (χ1v) is 7.42. The Morgan fingerprint density at radius 1 is 1.00 bits per heavy atom. The summed E-state index contributed by atoms with van der Waals surface area (Å²) >= 11 is 0. The zero-order valence-corrected chi connectivity index (χ0v) is 12.3. The summed E-state index contributed by atoms with van der Waals surface area (Å²) in [6.45, 7) is 5.04. The maximum atomic E-state index is 5.83. The number of unbranched alkanes of at least 4 members (excludes halogenated alkanes) is 3. The molecule has 1 atom stereocenters. The predicted molar refractivity (Wildman–Crippen MR) is 83.1 cm³/mol. The molecule has 0 saturated carbocycles. The van der Waals surface area contributed by atoms with Crippen LogP contribution < -0.4 is 11.5 Å². The first kappa shape index (κ1) is 15.8. The van der Waals surface area contributed by atoms with Crippen LogP contribution in [-0.4, -0.2) is 12.7 Å². The molecular weight excluding hydrogens is 236 g/mol. The van der Waals surface area contributed by atoms with Crippen molar-refractivity contribution in [3.05, 3.63) is 23.8 Å². The Morgan fingerprint density at radius 3 is 2.26 bits per heavy atom. The SMILES string of the molecule is CCCCCCC(Cc1cc(N)cc(N)c1)OCC. The number of hydrogen-bond donors (Lipinski definition) is 2. The molecule has 3 nitrogen and oxygen atoms in total. The van der Waals surface area contributed by atoms with Crippen LogP contribution in [0.15, 0.2) is 18.2 Å². The minimum Gasteiger partial charge on any atom is -0.399 e. The van der Waals surface area contributed by atoms with Crippen LogP contribution in [0.1, 0.15) is 51.5 Å². The molecule has 0 amide bonds. The van der Waals surface area contributed by atoms with E-state index in [2.05, 4.69) is 6.92 Å². The fourth-order valence-electron chi connectivity index (χ4n) is 2.41. The van der Waals surface area contributed by atoms with Gasteiger partial charge in [-0.3, -0.25) is 0 Å². The van der Waals surface area contributed by atoms with Gasteiger partial charge >= 0.3 is 0 Å². The Hall–Kier alpha value is -1.22. The third-order valence-electron chi connectivity index (χ3n) is 3.28. The summed E-state index contributed by atoms with van der Waals surface area (Å²) in [5, 5.41) is 0. The first-order chi connectivity index (χ1) is 9.15. The summed E-state index contributed by atoms with van der Waals surface area (Å²) in [5.74, 6) is 0. The number of ether oxygens (including phenoxy) is 1. The van der Waals surface area contributed by atoms with Gasteiger partial charge in [-0.15, -0.1) is 0 Å². The second kappa shape index (κ2) is 8.81. The van der Waals surface area contributed by atoms with Gasteiger partial charge in [0.2, 0.25) is 0 Å². The van der Waals surface area contributed by atoms with Gasteiger partial charge < -0.3 is 16.2 Å². The van der Waals surface area contributed by atoms with Crippen LogP contribution in [0.4, 0.5) is 11.4 Å². The molecule has 108 valence electrons. The van der Waals surface area contributed by atoms with Crippen LogP contribution in [0.5, 0.6) is 0 Å². The second-order valence-corrected chi connectivity index (χ2v) is 5.14. The van der Waals surface area contributed by atoms with E-state index in [0.717, 1.165) is 30.8 Å². The van der Waals surface area contributed by atoms with Gasteiger partial charge in [-0.25, -0.2) is 0 Å². The molecule has 0 spiro atoms. The summed E-state index contributed by atoms with van der Waals surface area (Å²) in [6, 6.07) is 5.78. The number of nitrogen functional groups attached to an aromatic ring is 2. The van der Waals surface area contributed by atoms with E-state index in [1.165, 1.54) is 31.2 Å². The van der Waals surface area contributed by atoms with Crippen molar-refractivity contribution in [2.45, 2.75) is 58.5 Å². The Kier molecular flexibility index (Phi) is 7.34. The van der Waals surface area contributed by atoms with Gasteiger partial charge in [0.25, 0.3) is 0 Å². The van der Waals surface area contributed by atoms with Gasteiger partial charge in [0.05, 0.1) is 6.10 Å². The van der Waals surface area contributed by atoms with Gasteiger partial charge in [-0.1, -0.05) is 32.6 Å². The molecule has 1 aromatic rings. The number of rotatable bonds is 9. The van der Waals surface area contributed by atoms with E-state index < -0.39 is 0 Å². The van der Waals surface area contributed by atoms with Crippen LogP contribution in [-0.2, 0) is 11.2 Å². The van der Waals surface area contributed by atoms with E-state index >= 15 is 0 Å². The van der Waals surface area contributed by atoms with Gasteiger partial charge in [-0.2, -0.15) is 0 Å². The standard InChI is InChI=1S/C16H28N2O/c1-3-5-6-7-8-16(19-4-2)11-13-9-14(17)12-15(18)10-13/h9-10,12,16H,3-8,11,17-18H2,1-2H3. The van der Waals surface area contributed by atoms with E-state index in [0.29, 0.717) is 0 Å². The molecule has 0 aliphatic heterocycles. The zero-order valence-electron chi connectivity index (χ0n) is 12.3. The maximum absolute atomic E-state index is 5.83. The van der Waals surface area contributed by atoms with E-state index in [-0.39, 0.29) is 6.10 Å². The van der Waals surface area contributed by atoms with Gasteiger partial charge in [0, 0.05) is 18.0 Å². The quantitative estimate of drug-likeness (QED) is 0.527. The van der Waals surface area contributed by atoms with Crippen molar-refractivity contribution < 1.29 is 4.74 Å². The fourth-order valence-corrected chi connectivity index (χ4v) is 2.41. The number of nitrogens with two attached hydrogens (primary N) is 2. The van der Waals surface area contributed by atoms with E-state index in [4.69, 9.17) is 16.2 Å². The fraction of sp³-hybridized carbons (Fsp3) is 0.625. The summed E-state index contributed by atoms with van der Waals surface area (Å²) in [6.07, 6.45) is 7.39. The molecule has 1 rings (SSSR count). The highest BCUT2D eigenvalue weighted by Gasteiger charge is 2.10. The topological polar surface area (TPSA) is 61.3 Å². The predicted octanol–water partition coefficient (Wildman–Crippen LogP) is 3.77. The summed E-state index contributed by atoms with van der Waals surface area (Å²) in [5.41, 5.74) is 14.3. The molecule has 0 aliphatic carbocycles. The lowest BCUT2D eigenvalue weighted by molar-refractivity contribution is 0.0552. The highest BCUT2D eigenvalue weighted by atomic mass is 16.5. The largest absolute Gasteiger partial charge is 0.399 e. The van der Waals surface area contributed by atoms with Crippen LogP contribution >= 0.6 is 0 Å². The highest BCUT2D eigenvalue weighted by Crippen LogP contribution is 2.18. The van der Waals surface area contributed by atoms with Crippen LogP contribution in [0.3, 0.4) is 0 Å². The highest BCUT2D eigenvalue weighted by molar-refractivity contribution is 5.54. The smallest absolute Gasteiger partial charge is 0.0615 e. The van der Waals surface area contributed by atoms with Gasteiger partial charge in [-0.05, 0) is 43.5 Å². The number of hydrogen-bond acceptors (Lipinski definition) is 3. The molecule has 0 fully saturated rings. The molecule has 0 aliphatic rings. The molecule has 0 aromatic heterocycles. The maximum Gasteiger partial charge on any atom is 0.0615 e. The van der Waals surface area contributed by atoms with Crippen LogP contribution in [0.25, 0.3) is 0 Å². The van der Waals surface area contributed by atoms with E-state index in [9.17, 15) is 0 Å². The summed E-state index contributed by atoms with van der Waals surface area (Å²) < 4.78 is 5.82. The van der Waals surface area contributed by atoms with Gasteiger partial charge in [0.1, 0.15) is 0 Å². The van der Waals surface area contributed by atoms with Crippen molar-refractivity contribution in [2.24, 2.45) is 0 Å². The van der Waals surface area contributed by atoms with Crippen molar-refractivity contribution >= 4 is 11.4 Å². The lowest BCUT2D eigenvalue weighted by Gasteiger charge is -2.17. The van der Waals surface area contributed by atoms with Crippen molar-refractivity contribution in [1.82, 2.24) is 0 Å². The van der Waals surface area contributed by atoms with Crippen LogP contribution in [0, 0.1) is 0 Å². The summed E-state index contributed by atoms with van der Waals surface area (Å²) in [7, 11) is 0. The van der Waals surface area contributed by atoms with Crippen molar-refractivity contribution in [3.63, 3.8) is 0 Å². The molecule has 1 aromatic carbocycles. The lowest BCUT2D eigenvalue weighted by Crippen LogP contribution is -2.16. The van der Waals surface area contributed by atoms with Gasteiger partial charge in [0.15, 0.2) is 0 Å². The Labute approximate surface area is 117 Å². The first-order valence-electron chi connectivity index (χ1n) is 7.42. The minimum atomic E-state index is 0.281. The zero-order chi connectivity index (χ0) is 14.1. The summed E-state index contributed by atoms with van der Waals surface area (Å²) in [4.78, 5) is 0. The third-order valence-corrected chi connectivity index (χ3v) is 3.28. The molecule has 19 heavy (non-hydrogen) atoms. The average molecular weight is 264 g/mol. The number of benzene rings is 1. The van der Waals surface area contributed by atoms with Crippen molar-refractivity contribution in [2.75, 3.05) is 18.1 Å². The average Bonchev–Trinajstić information content (AvgIpc) is 2.33. The lowest BCUT2D eigenvalue weighted by atomic mass is 10.0. The molecule has 0 heterocycles. The third kappa shape index (κ3) is 6.48. The Morgan fingerprint density at radius 2 is 1.68 bits per heavy atom. The number of anilines is 2. The monoisotopic (exact) mass is 264 g/mol. The van der Waals surface area contributed by atoms with Crippen molar-refractivity contribution in [1.29, 1.82) is 0 Å². The Bertz CT molecular complexity index is 346. The normalized spacial score (nSPS) is 12.5. The molecular formula is C16H28N2O. The van der Waals surface area contributed by atoms with Crippen LogP contribution in [0.2, 0.25) is 0 Å². The van der Waals surface area contributed by atoms with E-state index in [1.807, 2.05) is 19.1 Å². The molecule has 4 N–H and O–H groups in total. The molecule has 1 unspecified atom stereocenters. The Balaban J connectivity index is 2.51. The molecule has 0 radical (unpaired) electrons. The van der Waals surface area contributed by atoms with E-state index in [1.54, 1.807) is 6.07 Å². The molecule has 3 heteroatoms. The van der Waals surface area contributed by atoms with Crippen molar-refractivity contribution in [3.8, 4) is 0 Å². The molecule has 0 saturated heterocycles.